The fourth-order valence-corrected chi connectivity index (χ4v) is 0. The molecule has 0 rings (SSSR count). The zero-order valence-corrected chi connectivity index (χ0v) is 3.91. The summed E-state index contributed by atoms with van der Waals surface area (Å²) in [5, 5.41) is 0. The van der Waals surface area contributed by atoms with Gasteiger partial charge in [-0.3, -0.25) is 0 Å². The minimum atomic E-state index is 0. The second-order valence-electron chi connectivity index (χ2n) is 1.50. The predicted molar refractivity (Wildman–Crippen MR) is 20.5 cm³/mol. The first-order chi connectivity index (χ1) is 1.73. The van der Waals surface area contributed by atoms with Crippen LogP contribution in [0, 0.1) is 0 Å². The van der Waals surface area contributed by atoms with Crippen LogP contribution in [0.4, 0.5) is 0 Å². The normalized spacial score (nSPS) is 7.20. The fourth-order valence-electron chi connectivity index (χ4n) is 0. The van der Waals surface area contributed by atoms with E-state index in [9.17, 15) is 0 Å². The summed E-state index contributed by atoms with van der Waals surface area (Å²) in [6.45, 7) is 0. The Bertz CT molecular complexity index is 15.5. The molecule has 0 unspecified atom stereocenters. The van der Waals surface area contributed by atoms with Crippen LogP contribution in [0.25, 0.3) is 0 Å². The Kier molecular flexibility index (Phi) is 6.95. The molecule has 0 aromatic rings. The molecule has 5 heavy (non-hydrogen) atoms. The summed E-state index contributed by atoms with van der Waals surface area (Å²) in [7, 11) is 6.25. The molecule has 0 saturated heterocycles. The lowest BCUT2D eigenvalue weighted by Gasteiger charge is -2.00. The molecule has 0 heterocycles. The molecular weight excluding hydrogens is 66.0 g/mol. The molecule has 0 aliphatic heterocycles. The topological polar surface area (TPSA) is 32.9 Å². The second kappa shape index (κ2) is 3.92. The lowest BCUT2D eigenvalue weighted by Crippen LogP contribution is -3.02. The maximum Gasteiger partial charge on any atom is 1.00 e. The summed E-state index contributed by atoms with van der Waals surface area (Å²) < 4.78 is 0. The van der Waals surface area contributed by atoms with Crippen LogP contribution in [0.1, 0.15) is 1.43 Å². The highest BCUT2D eigenvalue weighted by atomic mass is 16.0. The third kappa shape index (κ3) is 2260. The minimum Gasteiger partial charge on any atom is -2.00 e. The van der Waals surface area contributed by atoms with Crippen LogP contribution in [-0.4, -0.2) is 21.1 Å². The number of rotatable bonds is 0. The third-order valence-corrected chi connectivity index (χ3v) is 0. The lowest BCUT2D eigenvalue weighted by molar-refractivity contribution is -0.836. The van der Waals surface area contributed by atoms with Crippen LogP contribution in [0.2, 0.25) is 0 Å². The van der Waals surface area contributed by atoms with Crippen molar-refractivity contribution < 1.29 is 11.8 Å². The number of hydrogen-bond acceptors (Lipinski definition) is 0. The van der Waals surface area contributed by atoms with Crippen LogP contribution in [-0.2, 0) is 5.48 Å². The molecule has 0 aliphatic rings. The Morgan fingerprint density at radius 2 is 1.20 bits per heavy atom. The summed E-state index contributed by atoms with van der Waals surface area (Å²) in [5.74, 6) is 0. The second-order valence-corrected chi connectivity index (χ2v) is 1.50. The fraction of sp³-hybridized carbons (Fsp3) is 1.00. The lowest BCUT2D eigenvalue weighted by atomic mass is 11.0. The highest BCUT2D eigenvalue weighted by Crippen LogP contribution is 0.864. The summed E-state index contributed by atoms with van der Waals surface area (Å²) >= 11 is 0. The van der Waals surface area contributed by atoms with Crippen molar-refractivity contribution in [2.24, 2.45) is 0 Å². The van der Waals surface area contributed by atoms with E-state index >= 15 is 0 Å². The van der Waals surface area contributed by atoms with Gasteiger partial charge in [0.25, 0.3) is 0 Å². The highest BCUT2D eigenvalue weighted by molar-refractivity contribution is 3.59. The van der Waals surface area contributed by atoms with Gasteiger partial charge in [0.05, 0.1) is 21.1 Å². The molecule has 0 spiro atoms. The number of nitrogens with one attached hydrogen (secondary N) is 1. The molecule has 0 atom stereocenters. The van der Waals surface area contributed by atoms with Crippen molar-refractivity contribution in [1.29, 1.82) is 0 Å². The molecule has 2 heteroatoms. The first-order valence-corrected chi connectivity index (χ1v) is 1.50. The molecular formula is C3H11NO. The third-order valence-electron chi connectivity index (χ3n) is 0. The first-order valence-electron chi connectivity index (χ1n) is 1.50. The standard InChI is InChI=1S/C3H9N.O/c1-4(2)3;/h1-3H3;/q;-2/p+2. The number of quaternary nitrogens is 1. The van der Waals surface area contributed by atoms with E-state index in [2.05, 4.69) is 21.1 Å². The summed E-state index contributed by atoms with van der Waals surface area (Å²) in [6.07, 6.45) is 0. The van der Waals surface area contributed by atoms with Crippen molar-refractivity contribution >= 4 is 0 Å². The monoisotopic (exact) mass is 77.1 g/mol. The van der Waals surface area contributed by atoms with Gasteiger partial charge >= 0.3 is 1.43 Å². The Morgan fingerprint density at radius 3 is 1.20 bits per heavy atom. The average Bonchev–Trinajstić information content (AvgIpc) is 0.811. The van der Waals surface area contributed by atoms with Gasteiger partial charge in [0.15, 0.2) is 0 Å². The van der Waals surface area contributed by atoms with Crippen LogP contribution in [0.15, 0.2) is 0 Å². The van der Waals surface area contributed by atoms with Gasteiger partial charge in [-0.15, -0.1) is 0 Å². The summed E-state index contributed by atoms with van der Waals surface area (Å²) in [4.78, 5) is 1.42. The van der Waals surface area contributed by atoms with Gasteiger partial charge in [-0.25, -0.2) is 0 Å². The van der Waals surface area contributed by atoms with E-state index in [1.54, 1.807) is 0 Å². The van der Waals surface area contributed by atoms with E-state index in [4.69, 9.17) is 0 Å². The van der Waals surface area contributed by atoms with Gasteiger partial charge in [0, 0.05) is 0 Å². The molecule has 2 nitrogen and oxygen atoms in total. The van der Waals surface area contributed by atoms with Crippen molar-refractivity contribution in [1.82, 2.24) is 0 Å². The van der Waals surface area contributed by atoms with Gasteiger partial charge in [-0.1, -0.05) is 0 Å². The smallest absolute Gasteiger partial charge is 1.00 e. The van der Waals surface area contributed by atoms with E-state index < -0.39 is 0 Å². The summed E-state index contributed by atoms with van der Waals surface area (Å²) in [5.41, 5.74) is 0. The minimum absolute atomic E-state index is 0. The summed E-state index contributed by atoms with van der Waals surface area (Å²) in [6, 6.07) is 0. The largest absolute Gasteiger partial charge is 2.00 e. The first kappa shape index (κ1) is 8.87. The van der Waals surface area contributed by atoms with Gasteiger partial charge < -0.3 is 10.4 Å². The van der Waals surface area contributed by atoms with Gasteiger partial charge in [0.1, 0.15) is 0 Å². The molecule has 0 aromatic heterocycles. The van der Waals surface area contributed by atoms with Gasteiger partial charge in [-0.05, 0) is 0 Å². The van der Waals surface area contributed by atoms with Crippen LogP contribution >= 0.6 is 0 Å². The molecule has 0 saturated carbocycles. The van der Waals surface area contributed by atoms with Crippen molar-refractivity contribution in [2.45, 2.75) is 0 Å². The predicted octanol–water partition coefficient (Wildman–Crippen LogP) is -1.25. The Hall–Kier alpha value is -0.0800. The quantitative estimate of drug-likeness (QED) is 0.375. The van der Waals surface area contributed by atoms with Crippen LogP contribution in [0.5, 0.6) is 0 Å². The van der Waals surface area contributed by atoms with Crippen molar-refractivity contribution in [3.63, 3.8) is 0 Å². The number of hydrogen-bond donors (Lipinski definition) is 1. The average molecular weight is 77.1 g/mol. The Morgan fingerprint density at radius 1 is 1.20 bits per heavy atom. The Balaban J connectivity index is -0.0000000450. The maximum atomic E-state index is 2.08. The Labute approximate surface area is 34.2 Å². The highest BCUT2D eigenvalue weighted by Gasteiger charge is 1.61. The zero-order valence-electron chi connectivity index (χ0n) is 4.91. The zero-order chi connectivity index (χ0) is 3.58. The van der Waals surface area contributed by atoms with Gasteiger partial charge in [-0.2, -0.15) is 0 Å². The van der Waals surface area contributed by atoms with Gasteiger partial charge in [0.2, 0.25) is 0 Å². The van der Waals surface area contributed by atoms with Crippen LogP contribution < -0.4 is 4.90 Å². The molecule has 0 amide bonds. The maximum absolute atomic E-state index is 2.08. The van der Waals surface area contributed by atoms with E-state index in [-0.39, 0.29) is 6.90 Å². The van der Waals surface area contributed by atoms with Crippen molar-refractivity contribution in [3.8, 4) is 0 Å². The van der Waals surface area contributed by atoms with Crippen molar-refractivity contribution in [3.05, 3.63) is 0 Å². The van der Waals surface area contributed by atoms with E-state index in [1.807, 2.05) is 0 Å². The molecule has 34 valence electrons. The van der Waals surface area contributed by atoms with Crippen molar-refractivity contribution in [2.75, 3.05) is 21.1 Å². The molecule has 0 fully saturated rings. The molecule has 0 aliphatic carbocycles. The molecule has 0 bridgehead atoms. The van der Waals surface area contributed by atoms with E-state index in [0.29, 0.717) is 0 Å². The van der Waals surface area contributed by atoms with E-state index in [0.717, 1.165) is 0 Å². The molecule has 1 N–H and O–H groups in total. The SMILES string of the molecule is C[NH+](C)C.[H+].[O-2]. The van der Waals surface area contributed by atoms with E-state index in [1.165, 1.54) is 4.90 Å². The molecule has 0 aromatic carbocycles. The van der Waals surface area contributed by atoms with Crippen LogP contribution in [0.3, 0.4) is 0 Å². The molecule has 0 radical (unpaired) electrons.